The van der Waals surface area contributed by atoms with E-state index in [0.717, 1.165) is 11.4 Å². The van der Waals surface area contributed by atoms with Gasteiger partial charge in [-0.3, -0.25) is 9.69 Å². The summed E-state index contributed by atoms with van der Waals surface area (Å²) in [6, 6.07) is 18.9. The summed E-state index contributed by atoms with van der Waals surface area (Å²) in [5, 5.41) is 2.91. The van der Waals surface area contributed by atoms with Crippen molar-refractivity contribution < 1.29 is 9.53 Å². The predicted octanol–water partition coefficient (Wildman–Crippen LogP) is 3.02. The number of hydrogen-bond acceptors (Lipinski definition) is 3. The SMILES string of the molecule is C[C@@H](C(=O)Nc1ccccc1)N(C)CCOc1ccccc1. The van der Waals surface area contributed by atoms with Crippen LogP contribution in [0.3, 0.4) is 0 Å². The summed E-state index contributed by atoms with van der Waals surface area (Å²) in [6.45, 7) is 3.11. The van der Waals surface area contributed by atoms with Crippen LogP contribution in [0.5, 0.6) is 5.75 Å². The van der Waals surface area contributed by atoms with E-state index in [1.165, 1.54) is 0 Å². The normalized spacial score (nSPS) is 12.0. The van der Waals surface area contributed by atoms with Crippen LogP contribution in [0.25, 0.3) is 0 Å². The summed E-state index contributed by atoms with van der Waals surface area (Å²) >= 11 is 0. The van der Waals surface area contributed by atoms with Gasteiger partial charge in [-0.1, -0.05) is 36.4 Å². The number of likely N-dealkylation sites (N-methyl/N-ethyl adjacent to an activating group) is 1. The third-order valence-corrected chi connectivity index (χ3v) is 3.54. The lowest BCUT2D eigenvalue weighted by molar-refractivity contribution is -0.120. The molecule has 0 fully saturated rings. The fraction of sp³-hybridized carbons (Fsp3) is 0.278. The van der Waals surface area contributed by atoms with Gasteiger partial charge < -0.3 is 10.1 Å². The molecular formula is C18H22N2O2. The maximum absolute atomic E-state index is 12.2. The minimum atomic E-state index is -0.223. The Bertz CT molecular complexity index is 572. The smallest absolute Gasteiger partial charge is 0.241 e. The molecule has 0 aromatic heterocycles. The van der Waals surface area contributed by atoms with Gasteiger partial charge in [0.05, 0.1) is 6.04 Å². The second kappa shape index (κ2) is 8.20. The van der Waals surface area contributed by atoms with Gasteiger partial charge in [0, 0.05) is 12.2 Å². The Kier molecular flexibility index (Phi) is 5.98. The van der Waals surface area contributed by atoms with Gasteiger partial charge in [-0.05, 0) is 38.2 Å². The second-order valence-electron chi connectivity index (χ2n) is 5.17. The van der Waals surface area contributed by atoms with Gasteiger partial charge in [-0.15, -0.1) is 0 Å². The van der Waals surface area contributed by atoms with Crippen LogP contribution in [0, 0.1) is 0 Å². The van der Waals surface area contributed by atoms with Gasteiger partial charge >= 0.3 is 0 Å². The minimum absolute atomic E-state index is 0.0200. The van der Waals surface area contributed by atoms with Gasteiger partial charge in [-0.25, -0.2) is 0 Å². The van der Waals surface area contributed by atoms with E-state index in [1.807, 2.05) is 79.5 Å². The third-order valence-electron chi connectivity index (χ3n) is 3.54. The highest BCUT2D eigenvalue weighted by molar-refractivity contribution is 5.94. The number of nitrogens with one attached hydrogen (secondary N) is 1. The Morgan fingerprint density at radius 3 is 2.32 bits per heavy atom. The molecule has 0 saturated heterocycles. The van der Waals surface area contributed by atoms with Crippen LogP contribution in [0.4, 0.5) is 5.69 Å². The number of nitrogens with zero attached hydrogens (tertiary/aromatic N) is 1. The van der Waals surface area contributed by atoms with Gasteiger partial charge in [0.1, 0.15) is 12.4 Å². The zero-order valence-electron chi connectivity index (χ0n) is 13.0. The average molecular weight is 298 g/mol. The quantitative estimate of drug-likeness (QED) is 0.854. The Morgan fingerprint density at radius 1 is 1.09 bits per heavy atom. The lowest BCUT2D eigenvalue weighted by Crippen LogP contribution is -2.41. The van der Waals surface area contributed by atoms with E-state index < -0.39 is 0 Å². The van der Waals surface area contributed by atoms with Crippen LogP contribution in [-0.2, 0) is 4.79 Å². The van der Waals surface area contributed by atoms with E-state index in [4.69, 9.17) is 4.74 Å². The van der Waals surface area contributed by atoms with Crippen molar-refractivity contribution in [3.8, 4) is 5.75 Å². The Balaban J connectivity index is 1.76. The molecule has 0 aliphatic heterocycles. The molecule has 1 atom stereocenters. The number of carbonyl (C=O) groups excluding carboxylic acids is 1. The first-order chi connectivity index (χ1) is 10.7. The molecule has 116 valence electrons. The molecule has 0 radical (unpaired) electrons. The fourth-order valence-corrected chi connectivity index (χ4v) is 1.99. The summed E-state index contributed by atoms with van der Waals surface area (Å²) in [7, 11) is 1.92. The molecule has 2 aromatic carbocycles. The highest BCUT2D eigenvalue weighted by Crippen LogP contribution is 2.09. The third kappa shape index (κ3) is 4.90. The largest absolute Gasteiger partial charge is 0.492 e. The van der Waals surface area contributed by atoms with Crippen LogP contribution in [0.15, 0.2) is 60.7 Å². The number of ether oxygens (including phenoxy) is 1. The maximum Gasteiger partial charge on any atom is 0.241 e. The lowest BCUT2D eigenvalue weighted by Gasteiger charge is -2.23. The summed E-state index contributed by atoms with van der Waals surface area (Å²) < 4.78 is 5.65. The summed E-state index contributed by atoms with van der Waals surface area (Å²) in [5.41, 5.74) is 0.813. The molecule has 0 heterocycles. The predicted molar refractivity (Wildman–Crippen MR) is 89.1 cm³/mol. The summed E-state index contributed by atoms with van der Waals surface area (Å²) in [4.78, 5) is 14.2. The highest BCUT2D eigenvalue weighted by atomic mass is 16.5. The molecule has 2 aromatic rings. The van der Waals surface area contributed by atoms with E-state index in [1.54, 1.807) is 0 Å². The average Bonchev–Trinajstić information content (AvgIpc) is 2.56. The molecule has 0 aliphatic carbocycles. The van der Waals surface area contributed by atoms with Gasteiger partial charge in [0.25, 0.3) is 0 Å². The molecule has 0 spiro atoms. The number of para-hydroxylation sites is 2. The van der Waals surface area contributed by atoms with Crippen LogP contribution < -0.4 is 10.1 Å². The number of rotatable bonds is 7. The lowest BCUT2D eigenvalue weighted by atomic mass is 10.2. The minimum Gasteiger partial charge on any atom is -0.492 e. The molecule has 0 unspecified atom stereocenters. The first kappa shape index (κ1) is 16.0. The monoisotopic (exact) mass is 298 g/mol. The second-order valence-corrected chi connectivity index (χ2v) is 5.17. The molecule has 1 amide bonds. The van der Waals surface area contributed by atoms with Crippen LogP contribution in [-0.4, -0.2) is 37.0 Å². The highest BCUT2D eigenvalue weighted by Gasteiger charge is 2.17. The molecule has 22 heavy (non-hydrogen) atoms. The van der Waals surface area contributed by atoms with Crippen molar-refractivity contribution in [3.63, 3.8) is 0 Å². The zero-order chi connectivity index (χ0) is 15.8. The standard InChI is InChI=1S/C18H22N2O2/c1-15(18(21)19-16-9-5-3-6-10-16)20(2)13-14-22-17-11-7-4-8-12-17/h3-12,15H,13-14H2,1-2H3,(H,19,21)/t15-/m0/s1. The van der Waals surface area contributed by atoms with Gasteiger partial charge in [0.2, 0.25) is 5.91 Å². The van der Waals surface area contributed by atoms with E-state index in [-0.39, 0.29) is 11.9 Å². The van der Waals surface area contributed by atoms with Crippen molar-refractivity contribution in [1.82, 2.24) is 4.90 Å². The number of anilines is 1. The van der Waals surface area contributed by atoms with Crippen LogP contribution >= 0.6 is 0 Å². The fourth-order valence-electron chi connectivity index (χ4n) is 1.99. The van der Waals surface area contributed by atoms with Crippen molar-refractivity contribution in [2.75, 3.05) is 25.5 Å². The van der Waals surface area contributed by atoms with E-state index in [0.29, 0.717) is 13.2 Å². The molecule has 4 heteroatoms. The first-order valence-corrected chi connectivity index (χ1v) is 7.41. The first-order valence-electron chi connectivity index (χ1n) is 7.41. The van der Waals surface area contributed by atoms with Crippen molar-refractivity contribution >= 4 is 11.6 Å². The number of benzene rings is 2. The van der Waals surface area contributed by atoms with E-state index in [2.05, 4.69) is 5.32 Å². The van der Waals surface area contributed by atoms with Crippen molar-refractivity contribution in [2.24, 2.45) is 0 Å². The number of hydrogen-bond donors (Lipinski definition) is 1. The maximum atomic E-state index is 12.2. The molecule has 2 rings (SSSR count). The Hall–Kier alpha value is -2.33. The summed E-state index contributed by atoms with van der Waals surface area (Å²) in [6.07, 6.45) is 0. The van der Waals surface area contributed by atoms with Crippen molar-refractivity contribution in [2.45, 2.75) is 13.0 Å². The molecule has 0 bridgehead atoms. The molecule has 4 nitrogen and oxygen atoms in total. The van der Waals surface area contributed by atoms with Gasteiger partial charge in [-0.2, -0.15) is 0 Å². The van der Waals surface area contributed by atoms with Crippen molar-refractivity contribution in [3.05, 3.63) is 60.7 Å². The van der Waals surface area contributed by atoms with Crippen LogP contribution in [0.2, 0.25) is 0 Å². The number of amides is 1. The zero-order valence-corrected chi connectivity index (χ0v) is 13.0. The van der Waals surface area contributed by atoms with E-state index >= 15 is 0 Å². The molecule has 1 N–H and O–H groups in total. The summed E-state index contributed by atoms with van der Waals surface area (Å²) in [5.74, 6) is 0.825. The van der Waals surface area contributed by atoms with E-state index in [9.17, 15) is 4.79 Å². The van der Waals surface area contributed by atoms with Gasteiger partial charge in [0.15, 0.2) is 0 Å². The van der Waals surface area contributed by atoms with Crippen molar-refractivity contribution in [1.29, 1.82) is 0 Å². The Morgan fingerprint density at radius 2 is 1.68 bits per heavy atom. The van der Waals surface area contributed by atoms with Crippen LogP contribution in [0.1, 0.15) is 6.92 Å². The molecular weight excluding hydrogens is 276 g/mol. The molecule has 0 aliphatic rings. The Labute approximate surface area is 131 Å². The number of carbonyl (C=O) groups is 1. The molecule has 0 saturated carbocycles. The topological polar surface area (TPSA) is 41.6 Å².